The molecule has 0 aliphatic heterocycles. The van der Waals surface area contributed by atoms with Gasteiger partial charge in [0, 0.05) is 32.8 Å². The summed E-state index contributed by atoms with van der Waals surface area (Å²) in [7, 11) is 0. The standard InChI is InChI=1S/C10H10N3.Ir/c1-2-13-8-11-7-10(13)9-5-3-4-6-12-9;/h3-6,8H,2H2,1H3;/q-1;. The Hall–Kier alpha value is -0.991. The summed E-state index contributed by atoms with van der Waals surface area (Å²) in [6.07, 6.45) is 6.47. The Morgan fingerprint density at radius 2 is 2.29 bits per heavy atom. The van der Waals surface area contributed by atoms with E-state index in [2.05, 4.69) is 23.1 Å². The molecule has 0 spiro atoms. The average Bonchev–Trinajstić information content (AvgIpc) is 2.67. The molecular formula is C10H10IrN3-. The van der Waals surface area contributed by atoms with Gasteiger partial charge < -0.3 is 14.5 Å². The number of hydrogen-bond acceptors (Lipinski definition) is 2. The van der Waals surface area contributed by atoms with Crippen molar-refractivity contribution in [1.29, 1.82) is 0 Å². The van der Waals surface area contributed by atoms with E-state index in [9.17, 15) is 0 Å². The van der Waals surface area contributed by atoms with Crippen LogP contribution in [0, 0.1) is 6.20 Å². The number of aryl methyl sites for hydroxylation is 1. The molecule has 0 aliphatic rings. The molecular weight excluding hydrogens is 354 g/mol. The molecule has 0 aliphatic carbocycles. The van der Waals surface area contributed by atoms with Crippen LogP contribution in [0.15, 0.2) is 30.7 Å². The molecule has 0 N–H and O–H groups in total. The molecule has 0 saturated carbocycles. The average molecular weight is 364 g/mol. The van der Waals surface area contributed by atoms with Crippen molar-refractivity contribution in [2.24, 2.45) is 0 Å². The summed E-state index contributed by atoms with van der Waals surface area (Å²) in [6.45, 7) is 2.96. The normalized spacial score (nSPS) is 9.50. The summed E-state index contributed by atoms with van der Waals surface area (Å²) in [5, 5.41) is 0. The summed E-state index contributed by atoms with van der Waals surface area (Å²) in [5.74, 6) is 0. The van der Waals surface area contributed by atoms with E-state index in [0.29, 0.717) is 0 Å². The van der Waals surface area contributed by atoms with Crippen LogP contribution < -0.4 is 0 Å². The maximum atomic E-state index is 4.24. The van der Waals surface area contributed by atoms with Gasteiger partial charge in [-0.3, -0.25) is 0 Å². The molecule has 0 amide bonds. The zero-order valence-electron chi connectivity index (χ0n) is 7.77. The summed E-state index contributed by atoms with van der Waals surface area (Å²) in [5.41, 5.74) is 1.87. The minimum atomic E-state index is 0. The molecule has 2 aromatic rings. The van der Waals surface area contributed by atoms with Crippen LogP contribution >= 0.6 is 0 Å². The van der Waals surface area contributed by atoms with Gasteiger partial charge in [-0.05, 0) is 30.7 Å². The van der Waals surface area contributed by atoms with E-state index >= 15 is 0 Å². The van der Waals surface area contributed by atoms with Gasteiger partial charge in [-0.2, -0.15) is 0 Å². The Labute approximate surface area is 96.6 Å². The van der Waals surface area contributed by atoms with Crippen LogP contribution in [0.4, 0.5) is 0 Å². The number of hydrogen-bond donors (Lipinski definition) is 0. The second-order valence-electron chi connectivity index (χ2n) is 2.71. The fourth-order valence-corrected chi connectivity index (χ4v) is 1.23. The van der Waals surface area contributed by atoms with Gasteiger partial charge in [0.15, 0.2) is 0 Å². The largest absolute Gasteiger partial charge is 0.403 e. The van der Waals surface area contributed by atoms with Gasteiger partial charge in [-0.15, -0.1) is 0 Å². The maximum absolute atomic E-state index is 4.24. The van der Waals surface area contributed by atoms with E-state index < -0.39 is 0 Å². The number of imidazole rings is 1. The van der Waals surface area contributed by atoms with E-state index in [-0.39, 0.29) is 20.1 Å². The summed E-state index contributed by atoms with van der Waals surface area (Å²) in [4.78, 5) is 8.21. The molecule has 14 heavy (non-hydrogen) atoms. The first kappa shape index (κ1) is 11.1. The van der Waals surface area contributed by atoms with Crippen LogP contribution in [0.5, 0.6) is 0 Å². The van der Waals surface area contributed by atoms with Gasteiger partial charge in [-0.25, -0.2) is 0 Å². The summed E-state index contributed by atoms with van der Waals surface area (Å²) in [6, 6.07) is 5.82. The quantitative estimate of drug-likeness (QED) is 0.761. The molecule has 2 rings (SSSR count). The number of pyridine rings is 1. The Morgan fingerprint density at radius 3 is 2.93 bits per heavy atom. The van der Waals surface area contributed by atoms with Gasteiger partial charge in [0.25, 0.3) is 0 Å². The van der Waals surface area contributed by atoms with Crippen molar-refractivity contribution in [2.45, 2.75) is 13.5 Å². The second kappa shape index (κ2) is 5.03. The first-order chi connectivity index (χ1) is 6.42. The molecule has 3 nitrogen and oxygen atoms in total. The molecule has 0 aromatic carbocycles. The molecule has 0 bridgehead atoms. The molecule has 0 saturated heterocycles. The van der Waals surface area contributed by atoms with Crippen molar-refractivity contribution >= 4 is 0 Å². The summed E-state index contributed by atoms with van der Waals surface area (Å²) < 4.78 is 2.02. The van der Waals surface area contributed by atoms with Crippen LogP contribution in [-0.2, 0) is 26.7 Å². The number of aromatic nitrogens is 3. The number of nitrogens with zero attached hydrogens (tertiary/aromatic N) is 3. The Balaban J connectivity index is 0.000000980. The predicted octanol–water partition coefficient (Wildman–Crippen LogP) is 1.76. The monoisotopic (exact) mass is 365 g/mol. The van der Waals surface area contributed by atoms with E-state index in [4.69, 9.17) is 0 Å². The molecule has 0 fully saturated rings. The van der Waals surface area contributed by atoms with Crippen molar-refractivity contribution in [3.63, 3.8) is 0 Å². The first-order valence-electron chi connectivity index (χ1n) is 4.26. The van der Waals surface area contributed by atoms with Crippen LogP contribution in [0.25, 0.3) is 11.4 Å². The smallest absolute Gasteiger partial charge is 0.0125 e. The minimum absolute atomic E-state index is 0. The predicted molar refractivity (Wildman–Crippen MR) is 50.0 cm³/mol. The van der Waals surface area contributed by atoms with Crippen molar-refractivity contribution in [3.05, 3.63) is 36.9 Å². The maximum Gasteiger partial charge on any atom is 0.0125 e. The molecule has 2 heterocycles. The van der Waals surface area contributed by atoms with Gasteiger partial charge in [0.05, 0.1) is 0 Å². The van der Waals surface area contributed by atoms with E-state index in [0.717, 1.165) is 17.9 Å². The van der Waals surface area contributed by atoms with Crippen molar-refractivity contribution < 1.29 is 20.1 Å². The van der Waals surface area contributed by atoms with Gasteiger partial charge in [0.2, 0.25) is 0 Å². The first-order valence-corrected chi connectivity index (χ1v) is 4.26. The second-order valence-corrected chi connectivity index (χ2v) is 2.71. The topological polar surface area (TPSA) is 30.7 Å². The van der Waals surface area contributed by atoms with Gasteiger partial charge in [0.1, 0.15) is 0 Å². The Bertz CT molecular complexity index is 383. The van der Waals surface area contributed by atoms with Crippen molar-refractivity contribution in [1.82, 2.24) is 14.5 Å². The van der Waals surface area contributed by atoms with E-state index in [1.165, 1.54) is 0 Å². The van der Waals surface area contributed by atoms with E-state index in [1.807, 2.05) is 22.8 Å². The fraction of sp³-hybridized carbons (Fsp3) is 0.200. The third-order valence-electron chi connectivity index (χ3n) is 1.90. The van der Waals surface area contributed by atoms with Crippen molar-refractivity contribution in [3.8, 4) is 11.4 Å². The Morgan fingerprint density at radius 1 is 1.43 bits per heavy atom. The minimum Gasteiger partial charge on any atom is -0.403 e. The SMILES string of the molecule is CCn1cn[c-]c1-c1ccccn1.[Ir]. The van der Waals surface area contributed by atoms with Gasteiger partial charge >= 0.3 is 0 Å². The molecule has 1 radical (unpaired) electrons. The third kappa shape index (κ3) is 2.08. The molecule has 75 valence electrons. The molecule has 2 aromatic heterocycles. The van der Waals surface area contributed by atoms with Crippen LogP contribution in [0.2, 0.25) is 0 Å². The van der Waals surface area contributed by atoms with Crippen LogP contribution in [-0.4, -0.2) is 14.5 Å². The number of rotatable bonds is 2. The van der Waals surface area contributed by atoms with Crippen molar-refractivity contribution in [2.75, 3.05) is 0 Å². The third-order valence-corrected chi connectivity index (χ3v) is 1.90. The molecule has 4 heteroatoms. The van der Waals surface area contributed by atoms with Crippen LogP contribution in [0.1, 0.15) is 6.92 Å². The van der Waals surface area contributed by atoms with Gasteiger partial charge in [-0.1, -0.05) is 18.3 Å². The zero-order valence-corrected chi connectivity index (χ0v) is 10.2. The zero-order chi connectivity index (χ0) is 9.10. The van der Waals surface area contributed by atoms with Crippen LogP contribution in [0.3, 0.4) is 0 Å². The van der Waals surface area contributed by atoms with E-state index in [1.54, 1.807) is 12.5 Å². The molecule has 0 atom stereocenters. The Kier molecular flexibility index (Phi) is 3.98. The summed E-state index contributed by atoms with van der Waals surface area (Å²) >= 11 is 0. The molecule has 0 unspecified atom stereocenters. The fourth-order valence-electron chi connectivity index (χ4n) is 1.23.